The second-order valence-electron chi connectivity index (χ2n) is 6.71. The fraction of sp³-hybridized carbons (Fsp3) is 0.647. The standard InChI is InChI=1S/C17H28N6O2S.HI/c1-18-17(21-14-15-5-6-15)20-8-13-26(24,25)23-11-9-22(10-12-23)16-4-2-3-7-19-16;/h2-4,7,15H,5-6,8-14H2,1H3,(H2,18,20,21);1H. The topological polar surface area (TPSA) is 89.9 Å². The number of anilines is 1. The number of rotatable bonds is 7. The van der Waals surface area contributed by atoms with E-state index in [9.17, 15) is 8.42 Å². The molecule has 1 aromatic rings. The van der Waals surface area contributed by atoms with Gasteiger partial charge in [-0.2, -0.15) is 4.31 Å². The molecule has 1 saturated carbocycles. The maximum Gasteiger partial charge on any atom is 0.215 e. The predicted octanol–water partition coefficient (Wildman–Crippen LogP) is 0.726. The molecule has 0 amide bonds. The van der Waals surface area contributed by atoms with E-state index in [4.69, 9.17) is 0 Å². The fourth-order valence-corrected chi connectivity index (χ4v) is 4.29. The number of nitrogens with zero attached hydrogens (tertiary/aromatic N) is 4. The van der Waals surface area contributed by atoms with Crippen molar-refractivity contribution in [2.24, 2.45) is 10.9 Å². The van der Waals surface area contributed by atoms with Crippen LogP contribution in [0.2, 0.25) is 0 Å². The molecule has 2 fully saturated rings. The Bertz CT molecular complexity index is 703. The Morgan fingerprint density at radius 1 is 1.22 bits per heavy atom. The molecule has 0 aromatic carbocycles. The van der Waals surface area contributed by atoms with Crippen LogP contribution in [0.4, 0.5) is 5.82 Å². The van der Waals surface area contributed by atoms with E-state index >= 15 is 0 Å². The highest BCUT2D eigenvalue weighted by atomic mass is 127. The van der Waals surface area contributed by atoms with Gasteiger partial charge >= 0.3 is 0 Å². The zero-order chi connectivity index (χ0) is 18.4. The minimum absolute atomic E-state index is 0. The van der Waals surface area contributed by atoms with Gasteiger partial charge in [-0.3, -0.25) is 4.99 Å². The van der Waals surface area contributed by atoms with Gasteiger partial charge in [0.2, 0.25) is 10.0 Å². The molecule has 27 heavy (non-hydrogen) atoms. The monoisotopic (exact) mass is 508 g/mol. The van der Waals surface area contributed by atoms with Crippen LogP contribution in [-0.4, -0.2) is 75.7 Å². The Morgan fingerprint density at radius 2 is 1.96 bits per heavy atom. The minimum Gasteiger partial charge on any atom is -0.356 e. The minimum atomic E-state index is -3.27. The third kappa shape index (κ3) is 6.75. The molecule has 2 heterocycles. The number of aliphatic imine (C=N–C) groups is 1. The van der Waals surface area contributed by atoms with Crippen molar-refractivity contribution in [3.05, 3.63) is 24.4 Å². The zero-order valence-electron chi connectivity index (χ0n) is 15.7. The quantitative estimate of drug-likeness (QED) is 0.321. The van der Waals surface area contributed by atoms with Crippen molar-refractivity contribution < 1.29 is 8.42 Å². The van der Waals surface area contributed by atoms with Gasteiger partial charge in [0.05, 0.1) is 5.75 Å². The van der Waals surface area contributed by atoms with Gasteiger partial charge in [0.1, 0.15) is 5.82 Å². The molecule has 0 bridgehead atoms. The molecule has 0 atom stereocenters. The summed E-state index contributed by atoms with van der Waals surface area (Å²) in [6.45, 7) is 3.57. The maximum absolute atomic E-state index is 12.6. The van der Waals surface area contributed by atoms with Crippen LogP contribution >= 0.6 is 24.0 Å². The summed E-state index contributed by atoms with van der Waals surface area (Å²) in [5.74, 6) is 2.39. The molecule has 1 aromatic heterocycles. The second kappa shape index (κ2) is 10.4. The van der Waals surface area contributed by atoms with Gasteiger partial charge < -0.3 is 15.5 Å². The van der Waals surface area contributed by atoms with E-state index in [1.165, 1.54) is 12.8 Å². The number of nitrogens with one attached hydrogen (secondary N) is 2. The molecule has 0 unspecified atom stereocenters. The highest BCUT2D eigenvalue weighted by molar-refractivity contribution is 14.0. The van der Waals surface area contributed by atoms with E-state index in [2.05, 4.69) is 25.5 Å². The second-order valence-corrected chi connectivity index (χ2v) is 8.80. The van der Waals surface area contributed by atoms with Crippen LogP contribution in [0.15, 0.2) is 29.4 Å². The van der Waals surface area contributed by atoms with Crippen LogP contribution < -0.4 is 15.5 Å². The average molecular weight is 508 g/mol. The molecule has 3 rings (SSSR count). The number of piperazine rings is 1. The number of guanidine groups is 1. The Balaban J connectivity index is 0.00000261. The number of aromatic nitrogens is 1. The molecule has 10 heteroatoms. The first-order valence-corrected chi connectivity index (χ1v) is 10.8. The van der Waals surface area contributed by atoms with E-state index in [-0.39, 0.29) is 29.7 Å². The largest absolute Gasteiger partial charge is 0.356 e. The third-order valence-electron chi connectivity index (χ3n) is 4.74. The first kappa shape index (κ1) is 22.2. The van der Waals surface area contributed by atoms with Crippen LogP contribution in [0.3, 0.4) is 0 Å². The van der Waals surface area contributed by atoms with Crippen LogP contribution in [0.5, 0.6) is 0 Å². The lowest BCUT2D eigenvalue weighted by atomic mass is 10.3. The number of pyridine rings is 1. The van der Waals surface area contributed by atoms with Gasteiger partial charge in [-0.25, -0.2) is 13.4 Å². The molecule has 0 radical (unpaired) electrons. The highest BCUT2D eigenvalue weighted by Gasteiger charge is 2.27. The number of hydrogen-bond acceptors (Lipinski definition) is 5. The van der Waals surface area contributed by atoms with Crippen molar-refractivity contribution in [2.75, 3.05) is 57.0 Å². The summed E-state index contributed by atoms with van der Waals surface area (Å²) in [5.41, 5.74) is 0. The molecule has 0 spiro atoms. The molecule has 1 aliphatic carbocycles. The van der Waals surface area contributed by atoms with Gasteiger partial charge in [-0.05, 0) is 30.9 Å². The summed E-state index contributed by atoms with van der Waals surface area (Å²) in [4.78, 5) is 10.6. The lowest BCUT2D eigenvalue weighted by molar-refractivity contribution is 0.384. The Labute approximate surface area is 178 Å². The van der Waals surface area contributed by atoms with E-state index in [0.717, 1.165) is 18.3 Å². The molecule has 2 N–H and O–H groups in total. The number of hydrogen-bond donors (Lipinski definition) is 2. The van der Waals surface area contributed by atoms with Crippen LogP contribution in [-0.2, 0) is 10.0 Å². The van der Waals surface area contributed by atoms with E-state index in [1.807, 2.05) is 18.2 Å². The number of sulfonamides is 1. The molecular weight excluding hydrogens is 479 g/mol. The average Bonchev–Trinajstić information content (AvgIpc) is 3.50. The Morgan fingerprint density at radius 3 is 2.56 bits per heavy atom. The van der Waals surface area contributed by atoms with Crippen LogP contribution in [0, 0.1) is 5.92 Å². The van der Waals surface area contributed by atoms with E-state index < -0.39 is 10.0 Å². The Kier molecular flexibility index (Phi) is 8.55. The molecular formula is C17H29IN6O2S. The predicted molar refractivity (Wildman–Crippen MR) is 119 cm³/mol. The highest BCUT2D eigenvalue weighted by Crippen LogP contribution is 2.27. The molecule has 1 saturated heterocycles. The normalized spacial score (nSPS) is 18.7. The van der Waals surface area contributed by atoms with E-state index in [1.54, 1.807) is 17.5 Å². The van der Waals surface area contributed by atoms with Crippen molar-refractivity contribution in [2.45, 2.75) is 12.8 Å². The summed E-state index contributed by atoms with van der Waals surface area (Å²) < 4.78 is 26.7. The molecule has 1 aliphatic heterocycles. The summed E-state index contributed by atoms with van der Waals surface area (Å²) >= 11 is 0. The van der Waals surface area contributed by atoms with Gasteiger partial charge in [-0.15, -0.1) is 24.0 Å². The molecule has 8 nitrogen and oxygen atoms in total. The maximum atomic E-state index is 12.6. The van der Waals surface area contributed by atoms with Crippen molar-refractivity contribution in [3.8, 4) is 0 Å². The van der Waals surface area contributed by atoms with Crippen LogP contribution in [0.25, 0.3) is 0 Å². The smallest absolute Gasteiger partial charge is 0.215 e. The first-order chi connectivity index (χ1) is 12.6. The summed E-state index contributed by atoms with van der Waals surface area (Å²) in [5, 5.41) is 6.33. The summed E-state index contributed by atoms with van der Waals surface area (Å²) in [7, 11) is -1.57. The van der Waals surface area contributed by atoms with Crippen molar-refractivity contribution >= 4 is 45.8 Å². The van der Waals surface area contributed by atoms with Gasteiger partial charge in [0.25, 0.3) is 0 Å². The van der Waals surface area contributed by atoms with Crippen molar-refractivity contribution in [1.29, 1.82) is 0 Å². The molecule has 152 valence electrons. The molecule has 2 aliphatic rings. The third-order valence-corrected chi connectivity index (χ3v) is 6.61. The zero-order valence-corrected chi connectivity index (χ0v) is 18.8. The van der Waals surface area contributed by atoms with Gasteiger partial charge in [0.15, 0.2) is 5.96 Å². The SMILES string of the molecule is CN=C(NCCS(=O)(=O)N1CCN(c2ccccn2)CC1)NCC1CC1.I. The lowest BCUT2D eigenvalue weighted by Crippen LogP contribution is -2.50. The summed E-state index contributed by atoms with van der Waals surface area (Å²) in [6, 6.07) is 5.78. The Hall–Kier alpha value is -1.14. The van der Waals surface area contributed by atoms with Crippen molar-refractivity contribution in [1.82, 2.24) is 19.9 Å². The lowest BCUT2D eigenvalue weighted by Gasteiger charge is -2.34. The summed E-state index contributed by atoms with van der Waals surface area (Å²) in [6.07, 6.45) is 4.29. The first-order valence-electron chi connectivity index (χ1n) is 9.17. The van der Waals surface area contributed by atoms with Gasteiger partial charge in [0, 0.05) is 52.5 Å². The van der Waals surface area contributed by atoms with Crippen molar-refractivity contribution in [3.63, 3.8) is 0 Å². The van der Waals surface area contributed by atoms with Gasteiger partial charge in [-0.1, -0.05) is 6.07 Å². The van der Waals surface area contributed by atoms with E-state index in [0.29, 0.717) is 38.7 Å². The number of halogens is 1. The van der Waals surface area contributed by atoms with Crippen LogP contribution in [0.1, 0.15) is 12.8 Å². The fourth-order valence-electron chi connectivity index (χ4n) is 2.95.